The average molecular weight is 283 g/mol. The van der Waals surface area contributed by atoms with Crippen LogP contribution < -0.4 is 10.1 Å². The number of aryl methyl sites for hydroxylation is 1. The molecule has 2 heteroatoms. The largest absolute Gasteiger partial charge is 0.489 e. The number of ether oxygens (including phenoxy) is 1. The summed E-state index contributed by atoms with van der Waals surface area (Å²) in [5.41, 5.74) is 5.03. The third-order valence-corrected chi connectivity index (χ3v) is 3.66. The van der Waals surface area contributed by atoms with Gasteiger partial charge in [-0.25, -0.2) is 0 Å². The molecule has 2 aromatic rings. The number of hydrogen-bond acceptors (Lipinski definition) is 2. The van der Waals surface area contributed by atoms with Gasteiger partial charge in [0.05, 0.1) is 0 Å². The zero-order chi connectivity index (χ0) is 15.2. The Morgan fingerprint density at radius 2 is 1.76 bits per heavy atom. The van der Waals surface area contributed by atoms with Crippen molar-refractivity contribution in [3.63, 3.8) is 0 Å². The molecule has 0 atom stereocenters. The Morgan fingerprint density at radius 1 is 1.05 bits per heavy atom. The molecule has 0 fully saturated rings. The lowest BCUT2D eigenvalue weighted by Gasteiger charge is -2.16. The molecule has 0 aliphatic rings. The van der Waals surface area contributed by atoms with Gasteiger partial charge in [-0.05, 0) is 48.2 Å². The van der Waals surface area contributed by atoms with Crippen LogP contribution in [-0.4, -0.2) is 7.05 Å². The second-order valence-electron chi connectivity index (χ2n) is 5.78. The molecule has 0 spiro atoms. The first kappa shape index (κ1) is 15.6. The van der Waals surface area contributed by atoms with E-state index in [1.165, 1.54) is 22.3 Å². The normalized spacial score (nSPS) is 10.9. The fourth-order valence-corrected chi connectivity index (χ4v) is 2.46. The van der Waals surface area contributed by atoms with Crippen LogP contribution in [0.1, 0.15) is 42.0 Å². The summed E-state index contributed by atoms with van der Waals surface area (Å²) in [6.07, 6.45) is 0. The lowest BCUT2D eigenvalue weighted by Crippen LogP contribution is -2.09. The van der Waals surface area contributed by atoms with Gasteiger partial charge in [-0.1, -0.05) is 50.2 Å². The minimum Gasteiger partial charge on any atom is -0.489 e. The van der Waals surface area contributed by atoms with Gasteiger partial charge in [0.1, 0.15) is 12.4 Å². The Bertz CT molecular complexity index is 590. The van der Waals surface area contributed by atoms with E-state index in [-0.39, 0.29) is 0 Å². The molecule has 0 saturated heterocycles. The predicted molar refractivity (Wildman–Crippen MR) is 88.8 cm³/mol. The molecule has 21 heavy (non-hydrogen) atoms. The molecule has 0 saturated carbocycles. The maximum atomic E-state index is 6.12. The average Bonchev–Trinajstić information content (AvgIpc) is 2.46. The van der Waals surface area contributed by atoms with Crippen LogP contribution in [0.3, 0.4) is 0 Å². The Kier molecular flexibility index (Phi) is 5.40. The van der Waals surface area contributed by atoms with Crippen molar-refractivity contribution in [1.82, 2.24) is 5.32 Å². The van der Waals surface area contributed by atoms with Crippen LogP contribution >= 0.6 is 0 Å². The minimum absolute atomic E-state index is 0.466. The molecule has 0 heterocycles. The van der Waals surface area contributed by atoms with Gasteiger partial charge in [-0.3, -0.25) is 0 Å². The van der Waals surface area contributed by atoms with Crippen molar-refractivity contribution < 1.29 is 4.74 Å². The molecular weight excluding hydrogens is 258 g/mol. The molecule has 2 aromatic carbocycles. The summed E-state index contributed by atoms with van der Waals surface area (Å²) in [7, 11) is 1.97. The van der Waals surface area contributed by atoms with Crippen molar-refractivity contribution in [2.45, 2.75) is 39.8 Å². The highest BCUT2D eigenvalue weighted by atomic mass is 16.5. The van der Waals surface area contributed by atoms with E-state index in [0.717, 1.165) is 12.3 Å². The molecule has 0 aliphatic carbocycles. The second kappa shape index (κ2) is 7.28. The van der Waals surface area contributed by atoms with E-state index in [1.807, 2.05) is 7.05 Å². The number of benzene rings is 2. The molecule has 0 unspecified atom stereocenters. The Morgan fingerprint density at radius 3 is 2.43 bits per heavy atom. The van der Waals surface area contributed by atoms with Crippen LogP contribution in [-0.2, 0) is 13.2 Å². The molecule has 0 aromatic heterocycles. The Balaban J connectivity index is 2.18. The summed E-state index contributed by atoms with van der Waals surface area (Å²) in [4.78, 5) is 0. The zero-order valence-corrected chi connectivity index (χ0v) is 13.4. The number of hydrogen-bond donors (Lipinski definition) is 1. The van der Waals surface area contributed by atoms with E-state index in [0.29, 0.717) is 12.5 Å². The van der Waals surface area contributed by atoms with E-state index in [9.17, 15) is 0 Å². The minimum atomic E-state index is 0.466. The zero-order valence-electron chi connectivity index (χ0n) is 13.4. The standard InChI is InChI=1S/C19H25NO/c1-14(2)18-10-9-15(3)11-19(18)21-13-17-8-6-5-7-16(17)12-20-4/h5-11,14,20H,12-13H2,1-4H3. The Labute approximate surface area is 128 Å². The van der Waals surface area contributed by atoms with E-state index < -0.39 is 0 Å². The molecule has 2 rings (SSSR count). The topological polar surface area (TPSA) is 21.3 Å². The maximum Gasteiger partial charge on any atom is 0.123 e. The molecule has 112 valence electrons. The van der Waals surface area contributed by atoms with Gasteiger partial charge in [0, 0.05) is 6.54 Å². The highest BCUT2D eigenvalue weighted by Gasteiger charge is 2.09. The van der Waals surface area contributed by atoms with Crippen LogP contribution in [0.5, 0.6) is 5.75 Å². The highest BCUT2D eigenvalue weighted by molar-refractivity contribution is 5.39. The van der Waals surface area contributed by atoms with Gasteiger partial charge in [0.25, 0.3) is 0 Å². The second-order valence-corrected chi connectivity index (χ2v) is 5.78. The molecule has 2 nitrogen and oxygen atoms in total. The fraction of sp³-hybridized carbons (Fsp3) is 0.368. The summed E-state index contributed by atoms with van der Waals surface area (Å²) in [6.45, 7) is 7.98. The summed E-state index contributed by atoms with van der Waals surface area (Å²) in [5.74, 6) is 1.47. The van der Waals surface area contributed by atoms with Gasteiger partial charge in [0.2, 0.25) is 0 Å². The van der Waals surface area contributed by atoms with Crippen molar-refractivity contribution in [3.05, 3.63) is 64.7 Å². The van der Waals surface area contributed by atoms with Crippen LogP contribution in [0, 0.1) is 6.92 Å². The van der Waals surface area contributed by atoms with Crippen LogP contribution in [0.2, 0.25) is 0 Å². The molecule has 1 N–H and O–H groups in total. The number of rotatable bonds is 6. The van der Waals surface area contributed by atoms with Crippen molar-refractivity contribution in [2.24, 2.45) is 0 Å². The van der Waals surface area contributed by atoms with Gasteiger partial charge in [-0.15, -0.1) is 0 Å². The lowest BCUT2D eigenvalue weighted by atomic mass is 10.0. The van der Waals surface area contributed by atoms with Crippen LogP contribution in [0.25, 0.3) is 0 Å². The maximum absolute atomic E-state index is 6.12. The van der Waals surface area contributed by atoms with Gasteiger partial charge in [-0.2, -0.15) is 0 Å². The highest BCUT2D eigenvalue weighted by Crippen LogP contribution is 2.28. The van der Waals surface area contributed by atoms with E-state index in [1.54, 1.807) is 0 Å². The molecule has 0 aliphatic heterocycles. The van der Waals surface area contributed by atoms with E-state index in [4.69, 9.17) is 4.74 Å². The van der Waals surface area contributed by atoms with Gasteiger partial charge < -0.3 is 10.1 Å². The first-order chi connectivity index (χ1) is 10.1. The number of nitrogens with one attached hydrogen (secondary N) is 1. The Hall–Kier alpha value is -1.80. The predicted octanol–water partition coefficient (Wildman–Crippen LogP) is 4.42. The molecular formula is C19H25NO. The molecule has 0 amide bonds. The summed E-state index contributed by atoms with van der Waals surface area (Å²) in [6, 6.07) is 14.9. The molecule has 0 bridgehead atoms. The van der Waals surface area contributed by atoms with Crippen molar-refractivity contribution in [3.8, 4) is 5.75 Å². The fourth-order valence-electron chi connectivity index (χ4n) is 2.46. The van der Waals surface area contributed by atoms with Gasteiger partial charge in [0.15, 0.2) is 0 Å². The third kappa shape index (κ3) is 4.08. The van der Waals surface area contributed by atoms with E-state index in [2.05, 4.69) is 68.6 Å². The third-order valence-electron chi connectivity index (χ3n) is 3.66. The first-order valence-corrected chi connectivity index (χ1v) is 7.56. The van der Waals surface area contributed by atoms with Gasteiger partial charge >= 0.3 is 0 Å². The molecule has 0 radical (unpaired) electrons. The summed E-state index contributed by atoms with van der Waals surface area (Å²) in [5, 5.41) is 3.21. The van der Waals surface area contributed by atoms with Crippen LogP contribution in [0.4, 0.5) is 0 Å². The summed E-state index contributed by atoms with van der Waals surface area (Å²) < 4.78 is 6.12. The summed E-state index contributed by atoms with van der Waals surface area (Å²) >= 11 is 0. The van der Waals surface area contributed by atoms with Crippen molar-refractivity contribution in [2.75, 3.05) is 7.05 Å². The smallest absolute Gasteiger partial charge is 0.123 e. The quantitative estimate of drug-likeness (QED) is 0.847. The lowest BCUT2D eigenvalue weighted by molar-refractivity contribution is 0.300. The monoisotopic (exact) mass is 283 g/mol. The van der Waals surface area contributed by atoms with E-state index >= 15 is 0 Å². The van der Waals surface area contributed by atoms with Crippen molar-refractivity contribution in [1.29, 1.82) is 0 Å². The van der Waals surface area contributed by atoms with Crippen molar-refractivity contribution >= 4 is 0 Å². The van der Waals surface area contributed by atoms with Crippen LogP contribution in [0.15, 0.2) is 42.5 Å². The SMILES string of the molecule is CNCc1ccccc1COc1cc(C)ccc1C(C)C. The first-order valence-electron chi connectivity index (χ1n) is 7.56.